The van der Waals surface area contributed by atoms with Crippen LogP contribution in [-0.4, -0.2) is 15.0 Å². The van der Waals surface area contributed by atoms with Crippen LogP contribution in [0, 0.1) is 0 Å². The lowest BCUT2D eigenvalue weighted by Crippen LogP contribution is -2.28. The summed E-state index contributed by atoms with van der Waals surface area (Å²) in [6, 6.07) is 11.4. The van der Waals surface area contributed by atoms with Crippen molar-refractivity contribution in [2.45, 2.75) is 17.5 Å². The predicted octanol–water partition coefficient (Wildman–Crippen LogP) is 3.99. The van der Waals surface area contributed by atoms with Crippen molar-refractivity contribution in [1.82, 2.24) is 4.72 Å². The van der Waals surface area contributed by atoms with E-state index in [9.17, 15) is 21.6 Å². The molecule has 0 spiro atoms. The Bertz CT molecular complexity index is 791. The van der Waals surface area contributed by atoms with Gasteiger partial charge < -0.3 is 0 Å². The zero-order valence-corrected chi connectivity index (χ0v) is 14.2. The van der Waals surface area contributed by atoms with Crippen molar-refractivity contribution >= 4 is 26.0 Å². The van der Waals surface area contributed by atoms with Gasteiger partial charge in [-0.1, -0.05) is 40.2 Å². The van der Waals surface area contributed by atoms with Gasteiger partial charge in [0.1, 0.15) is 0 Å². The molecule has 1 N–H and O–H groups in total. The number of nitrogens with one attached hydrogen (secondary N) is 1. The molecule has 0 heterocycles. The van der Waals surface area contributed by atoms with Gasteiger partial charge in [-0.3, -0.25) is 0 Å². The molecule has 0 saturated heterocycles. The number of sulfonamides is 1. The van der Waals surface area contributed by atoms with Crippen LogP contribution in [0.1, 0.15) is 11.1 Å². The predicted molar refractivity (Wildman–Crippen MR) is 84.5 cm³/mol. The molecule has 2 rings (SSSR count). The summed E-state index contributed by atoms with van der Waals surface area (Å²) >= 11 is 3.30. The van der Waals surface area contributed by atoms with E-state index in [0.29, 0.717) is 6.42 Å². The van der Waals surface area contributed by atoms with Crippen LogP contribution in [0.2, 0.25) is 0 Å². The minimum Gasteiger partial charge on any atom is -0.211 e. The zero-order valence-electron chi connectivity index (χ0n) is 11.8. The third kappa shape index (κ3) is 4.79. The molecule has 0 radical (unpaired) electrons. The molecular formula is C15H13BrF3NO2S. The third-order valence-corrected chi connectivity index (χ3v) is 5.09. The molecule has 2 aromatic rings. The minimum absolute atomic E-state index is 0.00494. The van der Waals surface area contributed by atoms with E-state index in [1.807, 2.05) is 18.2 Å². The van der Waals surface area contributed by atoms with Crippen molar-refractivity contribution in [2.24, 2.45) is 0 Å². The fraction of sp³-hybridized carbons (Fsp3) is 0.200. The van der Waals surface area contributed by atoms with Crippen molar-refractivity contribution < 1.29 is 21.6 Å². The van der Waals surface area contributed by atoms with Gasteiger partial charge in [0.05, 0.1) is 10.5 Å². The molecule has 0 aliphatic heterocycles. The quantitative estimate of drug-likeness (QED) is 0.814. The SMILES string of the molecule is O=S(=O)(NCCc1cccc(Br)c1)c1ccccc1C(F)(F)F. The second kappa shape index (κ2) is 7.02. The maximum Gasteiger partial charge on any atom is 0.417 e. The highest BCUT2D eigenvalue weighted by Crippen LogP contribution is 2.33. The Labute approximate surface area is 140 Å². The first-order chi connectivity index (χ1) is 10.7. The minimum atomic E-state index is -4.73. The van der Waals surface area contributed by atoms with Gasteiger partial charge in [-0.05, 0) is 36.2 Å². The van der Waals surface area contributed by atoms with Crippen LogP contribution in [0.4, 0.5) is 13.2 Å². The molecule has 8 heteroatoms. The molecule has 0 unspecified atom stereocenters. The van der Waals surface area contributed by atoms with E-state index in [2.05, 4.69) is 20.7 Å². The first-order valence-electron chi connectivity index (χ1n) is 6.60. The molecule has 3 nitrogen and oxygen atoms in total. The van der Waals surface area contributed by atoms with E-state index in [1.165, 1.54) is 6.07 Å². The number of halogens is 4. The molecular weight excluding hydrogens is 395 g/mol. The molecule has 124 valence electrons. The highest BCUT2D eigenvalue weighted by Gasteiger charge is 2.36. The van der Waals surface area contributed by atoms with Gasteiger partial charge in [-0.25, -0.2) is 13.1 Å². The number of hydrogen-bond donors (Lipinski definition) is 1. The second-order valence-corrected chi connectivity index (χ2v) is 7.42. The lowest BCUT2D eigenvalue weighted by Gasteiger charge is -2.13. The molecule has 0 aromatic heterocycles. The topological polar surface area (TPSA) is 46.2 Å². The van der Waals surface area contributed by atoms with E-state index in [1.54, 1.807) is 6.07 Å². The van der Waals surface area contributed by atoms with Crippen LogP contribution in [0.15, 0.2) is 57.9 Å². The Balaban J connectivity index is 2.14. The van der Waals surface area contributed by atoms with E-state index in [0.717, 1.165) is 28.2 Å². The summed E-state index contributed by atoms with van der Waals surface area (Å²) in [7, 11) is -4.24. The largest absolute Gasteiger partial charge is 0.417 e. The molecule has 0 amide bonds. The van der Waals surface area contributed by atoms with Gasteiger partial charge >= 0.3 is 6.18 Å². The first-order valence-corrected chi connectivity index (χ1v) is 8.88. The van der Waals surface area contributed by atoms with Crippen LogP contribution in [0.3, 0.4) is 0 Å². The summed E-state index contributed by atoms with van der Waals surface area (Å²) < 4.78 is 66.1. The normalized spacial score (nSPS) is 12.3. The molecule has 0 bridgehead atoms. The zero-order chi connectivity index (χ0) is 17.1. The van der Waals surface area contributed by atoms with Crippen LogP contribution >= 0.6 is 15.9 Å². The third-order valence-electron chi connectivity index (χ3n) is 3.08. The van der Waals surface area contributed by atoms with Gasteiger partial charge in [0.2, 0.25) is 10.0 Å². The number of rotatable bonds is 5. The van der Waals surface area contributed by atoms with Gasteiger partial charge in [0.25, 0.3) is 0 Å². The Kier molecular flexibility index (Phi) is 5.49. The van der Waals surface area contributed by atoms with Gasteiger partial charge in [-0.2, -0.15) is 13.2 Å². The summed E-state index contributed by atoms with van der Waals surface area (Å²) in [5.41, 5.74) is -0.305. The first kappa shape index (κ1) is 18.0. The molecule has 0 aliphatic rings. The summed E-state index contributed by atoms with van der Waals surface area (Å²) in [6.45, 7) is 0.00494. The Morgan fingerprint density at radius 1 is 1.04 bits per heavy atom. The Hall–Kier alpha value is -1.38. The number of hydrogen-bond acceptors (Lipinski definition) is 2. The summed E-state index contributed by atoms with van der Waals surface area (Å²) in [4.78, 5) is -0.762. The maximum atomic E-state index is 12.9. The fourth-order valence-electron chi connectivity index (χ4n) is 2.04. The molecule has 0 aliphatic carbocycles. The van der Waals surface area contributed by atoms with Crippen molar-refractivity contribution in [1.29, 1.82) is 0 Å². The van der Waals surface area contributed by atoms with Crippen LogP contribution in [0.5, 0.6) is 0 Å². The van der Waals surface area contributed by atoms with E-state index in [4.69, 9.17) is 0 Å². The monoisotopic (exact) mass is 407 g/mol. The van der Waals surface area contributed by atoms with Crippen LogP contribution < -0.4 is 4.72 Å². The average molecular weight is 408 g/mol. The maximum absolute atomic E-state index is 12.9. The number of benzene rings is 2. The molecule has 0 saturated carbocycles. The summed E-state index contributed by atoms with van der Waals surface area (Å²) in [5, 5.41) is 0. The second-order valence-electron chi connectivity index (χ2n) is 4.77. The fourth-order valence-corrected chi connectivity index (χ4v) is 3.74. The van der Waals surface area contributed by atoms with Crippen molar-refractivity contribution in [3.05, 3.63) is 64.1 Å². The van der Waals surface area contributed by atoms with Crippen molar-refractivity contribution in [2.75, 3.05) is 6.54 Å². The van der Waals surface area contributed by atoms with E-state index < -0.39 is 26.7 Å². The van der Waals surface area contributed by atoms with Crippen molar-refractivity contribution in [3.8, 4) is 0 Å². The highest BCUT2D eigenvalue weighted by molar-refractivity contribution is 9.10. The standard InChI is InChI=1S/C15H13BrF3NO2S/c16-12-5-3-4-11(10-12)8-9-20-23(21,22)14-7-2-1-6-13(14)15(17,18)19/h1-7,10,20H,8-9H2. The molecule has 0 atom stereocenters. The molecule has 0 fully saturated rings. The van der Waals surface area contributed by atoms with Gasteiger partial charge in [0, 0.05) is 11.0 Å². The Morgan fingerprint density at radius 3 is 2.39 bits per heavy atom. The lowest BCUT2D eigenvalue weighted by atomic mass is 10.2. The molecule has 2 aromatic carbocycles. The van der Waals surface area contributed by atoms with Crippen molar-refractivity contribution in [3.63, 3.8) is 0 Å². The van der Waals surface area contributed by atoms with Gasteiger partial charge in [-0.15, -0.1) is 0 Å². The Morgan fingerprint density at radius 2 is 1.74 bits per heavy atom. The smallest absolute Gasteiger partial charge is 0.211 e. The lowest BCUT2D eigenvalue weighted by molar-refractivity contribution is -0.139. The summed E-state index contributed by atoms with van der Waals surface area (Å²) in [5.74, 6) is 0. The van der Waals surface area contributed by atoms with Gasteiger partial charge in [0.15, 0.2) is 0 Å². The van der Waals surface area contributed by atoms with E-state index >= 15 is 0 Å². The average Bonchev–Trinajstić information content (AvgIpc) is 2.46. The highest BCUT2D eigenvalue weighted by atomic mass is 79.9. The summed E-state index contributed by atoms with van der Waals surface area (Å²) in [6.07, 6.45) is -4.36. The number of alkyl halides is 3. The van der Waals surface area contributed by atoms with Crippen LogP contribution in [0.25, 0.3) is 0 Å². The van der Waals surface area contributed by atoms with E-state index in [-0.39, 0.29) is 6.54 Å². The molecule has 23 heavy (non-hydrogen) atoms. The van der Waals surface area contributed by atoms with Crippen LogP contribution in [-0.2, 0) is 22.6 Å².